The minimum Gasteiger partial charge on any atom is -0.438 e. The summed E-state index contributed by atoms with van der Waals surface area (Å²) in [6.07, 6.45) is 3.44. The molecule has 1 heterocycles. The molecule has 0 saturated heterocycles. The highest BCUT2D eigenvalue weighted by Gasteiger charge is 2.12. The van der Waals surface area contributed by atoms with E-state index in [-0.39, 0.29) is 0 Å². The number of aromatic nitrogens is 2. The molecule has 2 aromatic rings. The van der Waals surface area contributed by atoms with E-state index in [0.717, 1.165) is 35.5 Å². The van der Waals surface area contributed by atoms with Crippen molar-refractivity contribution < 1.29 is 4.74 Å². The minimum atomic E-state index is 0.637. The number of nitrogens with one attached hydrogen (secondary N) is 1. The van der Waals surface area contributed by atoms with Gasteiger partial charge in [-0.25, -0.2) is 9.97 Å². The summed E-state index contributed by atoms with van der Waals surface area (Å²) < 4.78 is 6.00. The molecule has 0 fully saturated rings. The second-order valence-corrected chi connectivity index (χ2v) is 4.88. The molecule has 2 rings (SSSR count). The van der Waals surface area contributed by atoms with E-state index in [4.69, 9.17) is 4.74 Å². The van der Waals surface area contributed by atoms with Gasteiger partial charge in [0.15, 0.2) is 0 Å². The summed E-state index contributed by atoms with van der Waals surface area (Å²) in [5.41, 5.74) is 3.36. The summed E-state index contributed by atoms with van der Waals surface area (Å²) >= 11 is 0. The van der Waals surface area contributed by atoms with Gasteiger partial charge in [-0.1, -0.05) is 31.0 Å². The van der Waals surface area contributed by atoms with Gasteiger partial charge >= 0.3 is 0 Å². The van der Waals surface area contributed by atoms with Crippen molar-refractivity contribution in [1.82, 2.24) is 9.97 Å². The lowest BCUT2D eigenvalue weighted by Gasteiger charge is -2.14. The summed E-state index contributed by atoms with van der Waals surface area (Å²) in [4.78, 5) is 8.54. The first-order valence-electron chi connectivity index (χ1n) is 6.92. The molecule has 0 aliphatic heterocycles. The highest BCUT2D eigenvalue weighted by Crippen LogP contribution is 2.30. The molecule has 4 nitrogen and oxygen atoms in total. The van der Waals surface area contributed by atoms with E-state index in [0.29, 0.717) is 5.88 Å². The first-order valence-corrected chi connectivity index (χ1v) is 6.92. The number of anilines is 1. The summed E-state index contributed by atoms with van der Waals surface area (Å²) in [7, 11) is 1.86. The Morgan fingerprint density at radius 2 is 2.00 bits per heavy atom. The van der Waals surface area contributed by atoms with E-state index in [9.17, 15) is 0 Å². The van der Waals surface area contributed by atoms with Gasteiger partial charge in [0.25, 0.3) is 0 Å². The Kier molecular flexibility index (Phi) is 4.56. The minimum absolute atomic E-state index is 0.637. The van der Waals surface area contributed by atoms with Gasteiger partial charge in [0.2, 0.25) is 5.88 Å². The molecule has 1 N–H and O–H groups in total. The molecule has 0 saturated carbocycles. The number of aryl methyl sites for hydroxylation is 2. The van der Waals surface area contributed by atoms with Crippen molar-refractivity contribution in [2.24, 2.45) is 0 Å². The molecule has 0 bridgehead atoms. The van der Waals surface area contributed by atoms with Crippen LogP contribution in [0, 0.1) is 13.8 Å². The highest BCUT2D eigenvalue weighted by molar-refractivity contribution is 5.50. The average molecular weight is 271 g/mol. The predicted octanol–water partition coefficient (Wildman–Crippen LogP) is 3.88. The smallest absolute Gasteiger partial charge is 0.227 e. The summed E-state index contributed by atoms with van der Waals surface area (Å²) in [5, 5.41) is 3.10. The molecule has 0 amide bonds. The van der Waals surface area contributed by atoms with Crippen molar-refractivity contribution in [3.8, 4) is 11.6 Å². The summed E-state index contributed by atoms with van der Waals surface area (Å²) in [6.45, 7) is 6.25. The number of rotatable bonds is 5. The molecule has 106 valence electrons. The predicted molar refractivity (Wildman–Crippen MR) is 81.6 cm³/mol. The molecule has 0 atom stereocenters. The normalized spacial score (nSPS) is 10.4. The Labute approximate surface area is 120 Å². The third-order valence-electron chi connectivity index (χ3n) is 3.18. The zero-order valence-corrected chi connectivity index (χ0v) is 12.5. The lowest BCUT2D eigenvalue weighted by atomic mass is 10.1. The topological polar surface area (TPSA) is 47.0 Å². The van der Waals surface area contributed by atoms with Crippen LogP contribution in [-0.2, 0) is 6.42 Å². The first-order chi connectivity index (χ1) is 9.65. The van der Waals surface area contributed by atoms with Gasteiger partial charge in [0.1, 0.15) is 17.9 Å². The van der Waals surface area contributed by atoms with Crippen LogP contribution in [0.5, 0.6) is 11.6 Å². The summed E-state index contributed by atoms with van der Waals surface area (Å²) in [5.74, 6) is 2.31. The van der Waals surface area contributed by atoms with Crippen LogP contribution in [0.25, 0.3) is 0 Å². The van der Waals surface area contributed by atoms with Crippen molar-refractivity contribution in [3.05, 3.63) is 41.2 Å². The molecule has 4 heteroatoms. The van der Waals surface area contributed by atoms with Gasteiger partial charge in [-0.2, -0.15) is 0 Å². The SMILES string of the molecule is CCCc1c(NC)ncnc1Oc1ccc(C)cc1C. The van der Waals surface area contributed by atoms with E-state index in [1.165, 1.54) is 11.9 Å². The largest absolute Gasteiger partial charge is 0.438 e. The maximum Gasteiger partial charge on any atom is 0.227 e. The fourth-order valence-corrected chi connectivity index (χ4v) is 2.19. The Morgan fingerprint density at radius 3 is 2.65 bits per heavy atom. The average Bonchev–Trinajstić information content (AvgIpc) is 2.43. The number of ether oxygens (including phenoxy) is 1. The van der Waals surface area contributed by atoms with Gasteiger partial charge in [-0.05, 0) is 31.9 Å². The maximum absolute atomic E-state index is 6.00. The molecule has 0 aliphatic rings. The van der Waals surface area contributed by atoms with Gasteiger partial charge < -0.3 is 10.1 Å². The van der Waals surface area contributed by atoms with Crippen LogP contribution in [0.15, 0.2) is 24.5 Å². The van der Waals surface area contributed by atoms with Crippen LogP contribution in [0.3, 0.4) is 0 Å². The Hall–Kier alpha value is -2.10. The fourth-order valence-electron chi connectivity index (χ4n) is 2.19. The van der Waals surface area contributed by atoms with E-state index in [1.54, 1.807) is 0 Å². The maximum atomic E-state index is 6.00. The highest BCUT2D eigenvalue weighted by atomic mass is 16.5. The van der Waals surface area contributed by atoms with E-state index < -0.39 is 0 Å². The van der Waals surface area contributed by atoms with Crippen molar-refractivity contribution >= 4 is 5.82 Å². The van der Waals surface area contributed by atoms with Crippen LogP contribution in [0.2, 0.25) is 0 Å². The van der Waals surface area contributed by atoms with Gasteiger partial charge in [-0.3, -0.25) is 0 Å². The molecule has 20 heavy (non-hydrogen) atoms. The van der Waals surface area contributed by atoms with Crippen molar-refractivity contribution in [1.29, 1.82) is 0 Å². The Balaban J connectivity index is 2.37. The molecule has 0 spiro atoms. The summed E-state index contributed by atoms with van der Waals surface area (Å²) in [6, 6.07) is 6.14. The zero-order valence-electron chi connectivity index (χ0n) is 12.5. The molecule has 0 aliphatic carbocycles. The molecular formula is C16H21N3O. The van der Waals surface area contributed by atoms with Gasteiger partial charge in [-0.15, -0.1) is 0 Å². The van der Waals surface area contributed by atoms with Crippen molar-refractivity contribution in [3.63, 3.8) is 0 Å². The molecule has 0 unspecified atom stereocenters. The van der Waals surface area contributed by atoms with Gasteiger partial charge in [0, 0.05) is 7.05 Å². The lowest BCUT2D eigenvalue weighted by molar-refractivity contribution is 0.451. The first kappa shape index (κ1) is 14.3. The van der Waals surface area contributed by atoms with Crippen LogP contribution in [-0.4, -0.2) is 17.0 Å². The molecule has 1 aromatic carbocycles. The van der Waals surface area contributed by atoms with E-state index >= 15 is 0 Å². The standard InChI is InChI=1S/C16H21N3O/c1-5-6-13-15(17-4)18-10-19-16(13)20-14-8-7-11(2)9-12(14)3/h7-10H,5-6H2,1-4H3,(H,17,18,19). The number of benzene rings is 1. The quantitative estimate of drug-likeness (QED) is 0.896. The van der Waals surface area contributed by atoms with E-state index in [1.807, 2.05) is 26.1 Å². The van der Waals surface area contributed by atoms with Gasteiger partial charge in [0.05, 0.1) is 5.56 Å². The van der Waals surface area contributed by atoms with Crippen molar-refractivity contribution in [2.45, 2.75) is 33.6 Å². The second kappa shape index (κ2) is 6.37. The van der Waals surface area contributed by atoms with Crippen LogP contribution >= 0.6 is 0 Å². The van der Waals surface area contributed by atoms with Crippen LogP contribution < -0.4 is 10.1 Å². The second-order valence-electron chi connectivity index (χ2n) is 4.88. The van der Waals surface area contributed by atoms with E-state index in [2.05, 4.69) is 35.2 Å². The van der Waals surface area contributed by atoms with Crippen LogP contribution in [0.4, 0.5) is 5.82 Å². The third kappa shape index (κ3) is 3.07. The molecule has 1 aromatic heterocycles. The van der Waals surface area contributed by atoms with Crippen LogP contribution in [0.1, 0.15) is 30.0 Å². The molecular weight excluding hydrogens is 250 g/mol. The number of hydrogen-bond acceptors (Lipinski definition) is 4. The third-order valence-corrected chi connectivity index (χ3v) is 3.18. The zero-order chi connectivity index (χ0) is 14.5. The number of hydrogen-bond donors (Lipinski definition) is 1. The van der Waals surface area contributed by atoms with Crippen molar-refractivity contribution in [2.75, 3.05) is 12.4 Å². The Morgan fingerprint density at radius 1 is 1.20 bits per heavy atom. The lowest BCUT2D eigenvalue weighted by Crippen LogP contribution is -2.03. The molecule has 0 radical (unpaired) electrons. The monoisotopic (exact) mass is 271 g/mol. The number of nitrogens with zero attached hydrogens (tertiary/aromatic N) is 2. The fraction of sp³-hybridized carbons (Fsp3) is 0.375. The Bertz CT molecular complexity index is 596.